The van der Waals surface area contributed by atoms with E-state index in [1.54, 1.807) is 24.3 Å². The van der Waals surface area contributed by atoms with Crippen LogP contribution in [0.15, 0.2) is 41.3 Å². The van der Waals surface area contributed by atoms with Gasteiger partial charge in [0.25, 0.3) is 0 Å². The molecule has 0 heterocycles. The Kier molecular flexibility index (Phi) is 5.03. The van der Waals surface area contributed by atoms with Gasteiger partial charge in [0.2, 0.25) is 0 Å². The van der Waals surface area contributed by atoms with Crippen molar-refractivity contribution in [1.29, 1.82) is 0 Å². The summed E-state index contributed by atoms with van der Waals surface area (Å²) < 4.78 is 53.0. The molecular formula is C16H10F4OS. The smallest absolute Gasteiger partial charge is 0.185 e. The van der Waals surface area contributed by atoms with Gasteiger partial charge in [-0.2, -0.15) is 0 Å². The van der Waals surface area contributed by atoms with Crippen molar-refractivity contribution in [2.45, 2.75) is 4.90 Å². The predicted molar refractivity (Wildman–Crippen MR) is 77.9 cm³/mol. The van der Waals surface area contributed by atoms with Crippen molar-refractivity contribution in [3.05, 3.63) is 70.8 Å². The molecule has 6 heteroatoms. The van der Waals surface area contributed by atoms with Crippen molar-refractivity contribution in [2.75, 3.05) is 6.26 Å². The number of thioether (sulfide) groups is 1. The summed E-state index contributed by atoms with van der Waals surface area (Å²) in [6, 6.07) is 6.66. The average Bonchev–Trinajstić information content (AvgIpc) is 2.53. The molecule has 0 unspecified atom stereocenters. The molecule has 0 radical (unpaired) electrons. The quantitative estimate of drug-likeness (QED) is 0.262. The number of halogens is 4. The van der Waals surface area contributed by atoms with E-state index >= 15 is 0 Å². The molecule has 2 aromatic rings. The molecule has 0 spiro atoms. The van der Waals surface area contributed by atoms with Gasteiger partial charge in [-0.25, -0.2) is 17.6 Å². The summed E-state index contributed by atoms with van der Waals surface area (Å²) in [5.41, 5.74) is -0.627. The van der Waals surface area contributed by atoms with E-state index in [0.717, 1.165) is 17.0 Å². The average molecular weight is 326 g/mol. The van der Waals surface area contributed by atoms with Gasteiger partial charge in [0.15, 0.2) is 29.1 Å². The molecule has 0 saturated heterocycles. The molecule has 1 nitrogen and oxygen atoms in total. The van der Waals surface area contributed by atoms with Crippen LogP contribution in [0.4, 0.5) is 17.6 Å². The lowest BCUT2D eigenvalue weighted by Crippen LogP contribution is -1.99. The highest BCUT2D eigenvalue weighted by molar-refractivity contribution is 7.98. The van der Waals surface area contributed by atoms with Gasteiger partial charge in [-0.15, -0.1) is 11.8 Å². The van der Waals surface area contributed by atoms with Crippen LogP contribution in [0.2, 0.25) is 0 Å². The SMILES string of the molecule is CSc1ccc(C(=O)C=Cc2c(F)c(F)cc(F)c2F)cc1. The molecule has 0 aliphatic heterocycles. The maximum Gasteiger partial charge on any atom is 0.185 e. The van der Waals surface area contributed by atoms with Crippen LogP contribution < -0.4 is 0 Å². The van der Waals surface area contributed by atoms with Gasteiger partial charge in [-0.1, -0.05) is 0 Å². The Morgan fingerprint density at radius 1 is 1.00 bits per heavy atom. The van der Waals surface area contributed by atoms with Gasteiger partial charge < -0.3 is 0 Å². The first kappa shape index (κ1) is 16.3. The van der Waals surface area contributed by atoms with E-state index in [2.05, 4.69) is 0 Å². The maximum atomic E-state index is 13.4. The van der Waals surface area contributed by atoms with Gasteiger partial charge in [-0.05, 0) is 42.7 Å². The van der Waals surface area contributed by atoms with Gasteiger partial charge in [0.1, 0.15) is 0 Å². The number of rotatable bonds is 4. The van der Waals surface area contributed by atoms with Crippen LogP contribution in [0.3, 0.4) is 0 Å². The lowest BCUT2D eigenvalue weighted by molar-refractivity contribution is 0.104. The van der Waals surface area contributed by atoms with E-state index in [4.69, 9.17) is 0 Å². The third-order valence-corrected chi connectivity index (χ3v) is 3.67. The topological polar surface area (TPSA) is 17.1 Å². The van der Waals surface area contributed by atoms with Gasteiger partial charge in [0.05, 0.1) is 5.56 Å². The van der Waals surface area contributed by atoms with Crippen LogP contribution in [0.1, 0.15) is 15.9 Å². The zero-order valence-electron chi connectivity index (χ0n) is 11.4. The minimum absolute atomic E-state index is 0.116. The summed E-state index contributed by atoms with van der Waals surface area (Å²) in [5.74, 6) is -6.65. The van der Waals surface area contributed by atoms with Crippen molar-refractivity contribution < 1.29 is 22.4 Å². The van der Waals surface area contributed by atoms with Gasteiger partial charge >= 0.3 is 0 Å². The highest BCUT2D eigenvalue weighted by Crippen LogP contribution is 2.21. The first-order valence-electron chi connectivity index (χ1n) is 6.13. The van der Waals surface area contributed by atoms with Crippen LogP contribution in [-0.2, 0) is 0 Å². The fourth-order valence-electron chi connectivity index (χ4n) is 1.75. The number of hydrogen-bond acceptors (Lipinski definition) is 2. The largest absolute Gasteiger partial charge is 0.289 e. The van der Waals surface area contributed by atoms with E-state index in [0.29, 0.717) is 5.56 Å². The minimum atomic E-state index is -1.54. The van der Waals surface area contributed by atoms with E-state index in [9.17, 15) is 22.4 Å². The first-order valence-corrected chi connectivity index (χ1v) is 7.36. The molecule has 0 bridgehead atoms. The predicted octanol–water partition coefficient (Wildman–Crippen LogP) is 4.86. The fourth-order valence-corrected chi connectivity index (χ4v) is 2.16. The molecule has 0 aromatic heterocycles. The van der Waals surface area contributed by atoms with Gasteiger partial charge in [0, 0.05) is 16.5 Å². The molecule has 0 aliphatic carbocycles. The molecule has 0 amide bonds. The lowest BCUT2D eigenvalue weighted by atomic mass is 10.1. The maximum absolute atomic E-state index is 13.4. The Morgan fingerprint density at radius 2 is 1.55 bits per heavy atom. The van der Waals surface area contributed by atoms with Crippen LogP contribution in [0, 0.1) is 23.3 Å². The zero-order valence-corrected chi connectivity index (χ0v) is 12.2. The standard InChI is InChI=1S/C16H10F4OS/c1-22-10-4-2-9(3-5-10)14(21)7-6-11-15(19)12(17)8-13(18)16(11)20/h2-8H,1H3. The summed E-state index contributed by atoms with van der Waals surface area (Å²) in [5, 5.41) is 0. The van der Waals surface area contributed by atoms with E-state index in [1.807, 2.05) is 6.26 Å². The molecule has 0 aliphatic rings. The molecular weight excluding hydrogens is 316 g/mol. The summed E-state index contributed by atoms with van der Waals surface area (Å²) in [7, 11) is 0. The molecule has 2 aromatic carbocycles. The molecule has 22 heavy (non-hydrogen) atoms. The van der Waals surface area contributed by atoms with Gasteiger partial charge in [-0.3, -0.25) is 4.79 Å². The van der Waals surface area contributed by atoms with Crippen LogP contribution in [0.25, 0.3) is 6.08 Å². The Labute approximate surface area is 128 Å². The summed E-state index contributed by atoms with van der Waals surface area (Å²) >= 11 is 1.49. The molecule has 0 atom stereocenters. The Balaban J connectivity index is 2.30. The second-order valence-corrected chi connectivity index (χ2v) is 5.19. The fraction of sp³-hybridized carbons (Fsp3) is 0.0625. The Hall–Kier alpha value is -2.08. The van der Waals surface area contributed by atoms with Crippen molar-refractivity contribution in [1.82, 2.24) is 0 Å². The lowest BCUT2D eigenvalue weighted by Gasteiger charge is -2.02. The normalized spacial score (nSPS) is 11.1. The van der Waals surface area contributed by atoms with E-state index in [-0.39, 0.29) is 6.07 Å². The minimum Gasteiger partial charge on any atom is -0.289 e. The zero-order chi connectivity index (χ0) is 16.3. The molecule has 2 rings (SSSR count). The second kappa shape index (κ2) is 6.79. The van der Waals surface area contributed by atoms with Crippen LogP contribution >= 0.6 is 11.8 Å². The molecule has 0 fully saturated rings. The number of carbonyl (C=O) groups excluding carboxylic acids is 1. The van der Waals surface area contributed by atoms with Crippen molar-refractivity contribution in [3.63, 3.8) is 0 Å². The molecule has 0 saturated carbocycles. The van der Waals surface area contributed by atoms with Crippen molar-refractivity contribution in [2.24, 2.45) is 0 Å². The Bertz CT molecular complexity index is 713. The summed E-state index contributed by atoms with van der Waals surface area (Å²) in [6.45, 7) is 0. The molecule has 0 N–H and O–H groups in total. The second-order valence-electron chi connectivity index (χ2n) is 4.31. The van der Waals surface area contributed by atoms with Crippen molar-refractivity contribution in [3.8, 4) is 0 Å². The molecule has 114 valence electrons. The number of ketones is 1. The number of allylic oxidation sites excluding steroid dienone is 1. The van der Waals surface area contributed by atoms with Crippen LogP contribution in [-0.4, -0.2) is 12.0 Å². The third-order valence-electron chi connectivity index (χ3n) is 2.92. The Morgan fingerprint density at radius 3 is 2.05 bits per heavy atom. The first-order chi connectivity index (χ1) is 10.4. The number of carbonyl (C=O) groups is 1. The van der Waals surface area contributed by atoms with E-state index < -0.39 is 34.6 Å². The van der Waals surface area contributed by atoms with E-state index in [1.165, 1.54) is 11.8 Å². The highest BCUT2D eigenvalue weighted by Gasteiger charge is 2.17. The van der Waals surface area contributed by atoms with Crippen LogP contribution in [0.5, 0.6) is 0 Å². The number of hydrogen-bond donors (Lipinski definition) is 0. The third kappa shape index (κ3) is 3.39. The summed E-state index contributed by atoms with van der Waals surface area (Å²) in [4.78, 5) is 12.8. The van der Waals surface area contributed by atoms with Crippen molar-refractivity contribution >= 4 is 23.6 Å². The monoisotopic (exact) mass is 326 g/mol. The number of benzene rings is 2. The summed E-state index contributed by atoms with van der Waals surface area (Å²) in [6.07, 6.45) is 3.47. The highest BCUT2D eigenvalue weighted by atomic mass is 32.2.